The van der Waals surface area contributed by atoms with Crippen molar-refractivity contribution in [1.29, 1.82) is 5.26 Å². The zero-order valence-corrected chi connectivity index (χ0v) is 15.1. The predicted octanol–water partition coefficient (Wildman–Crippen LogP) is 5.19. The minimum atomic E-state index is 0.113. The second-order valence-electron chi connectivity index (χ2n) is 7.32. The molecule has 0 saturated carbocycles. The van der Waals surface area contributed by atoms with Crippen molar-refractivity contribution in [3.8, 4) is 6.07 Å². The zero-order chi connectivity index (χ0) is 18.0. The highest BCUT2D eigenvalue weighted by Crippen LogP contribution is 2.42. The Bertz CT molecular complexity index is 891. The van der Waals surface area contributed by atoms with Crippen LogP contribution >= 0.6 is 0 Å². The second-order valence-corrected chi connectivity index (χ2v) is 7.32. The van der Waals surface area contributed by atoms with Crippen molar-refractivity contribution >= 4 is 11.1 Å². The monoisotopic (exact) mass is 328 g/mol. The van der Waals surface area contributed by atoms with Gasteiger partial charge in [-0.05, 0) is 63.8 Å². The zero-order valence-electron chi connectivity index (χ0n) is 15.1. The molecule has 2 aromatic carbocycles. The Labute approximate surface area is 150 Å². The molecule has 1 aliphatic rings. The molecule has 0 bridgehead atoms. The van der Waals surface area contributed by atoms with Crippen LogP contribution in [0.3, 0.4) is 0 Å². The Morgan fingerprint density at radius 1 is 1.20 bits per heavy atom. The number of fused-ring (bicyclic) bond motifs is 1. The van der Waals surface area contributed by atoms with E-state index in [0.29, 0.717) is 6.54 Å². The first-order valence-corrected chi connectivity index (χ1v) is 8.67. The summed E-state index contributed by atoms with van der Waals surface area (Å²) in [7, 11) is 0. The predicted molar refractivity (Wildman–Crippen MR) is 105 cm³/mol. The van der Waals surface area contributed by atoms with Crippen molar-refractivity contribution in [2.75, 3.05) is 0 Å². The lowest BCUT2D eigenvalue weighted by atomic mass is 9.71. The van der Waals surface area contributed by atoms with Crippen molar-refractivity contribution in [3.05, 3.63) is 82.4 Å². The van der Waals surface area contributed by atoms with E-state index in [-0.39, 0.29) is 5.41 Å². The van der Waals surface area contributed by atoms with Gasteiger partial charge in [-0.2, -0.15) is 5.26 Å². The van der Waals surface area contributed by atoms with Crippen molar-refractivity contribution in [1.82, 2.24) is 0 Å². The summed E-state index contributed by atoms with van der Waals surface area (Å²) in [5, 5.41) is 8.95. The maximum atomic E-state index is 8.95. The van der Waals surface area contributed by atoms with E-state index in [2.05, 4.69) is 68.5 Å². The fourth-order valence-corrected chi connectivity index (χ4v) is 3.45. The lowest BCUT2D eigenvalue weighted by molar-refractivity contribution is 0.527. The van der Waals surface area contributed by atoms with Gasteiger partial charge in [-0.15, -0.1) is 0 Å². The lowest BCUT2D eigenvalue weighted by Gasteiger charge is -2.32. The molecule has 0 aliphatic heterocycles. The Hall–Kier alpha value is -2.63. The largest absolute Gasteiger partial charge is 0.326 e. The molecule has 0 unspecified atom stereocenters. The lowest BCUT2D eigenvalue weighted by Crippen LogP contribution is -2.22. The summed E-state index contributed by atoms with van der Waals surface area (Å²) < 4.78 is 0. The van der Waals surface area contributed by atoms with E-state index in [0.717, 1.165) is 23.1 Å². The third kappa shape index (κ3) is 3.29. The van der Waals surface area contributed by atoms with Gasteiger partial charge in [-0.25, -0.2) is 0 Å². The molecular formula is C23H24N2. The molecule has 126 valence electrons. The van der Waals surface area contributed by atoms with E-state index in [1.165, 1.54) is 22.3 Å². The van der Waals surface area contributed by atoms with Crippen LogP contribution in [0, 0.1) is 11.3 Å². The summed E-state index contributed by atoms with van der Waals surface area (Å²) in [6, 6.07) is 17.2. The second kappa shape index (κ2) is 6.70. The minimum Gasteiger partial charge on any atom is -0.326 e. The number of rotatable bonds is 3. The van der Waals surface area contributed by atoms with Gasteiger partial charge in [0.1, 0.15) is 0 Å². The van der Waals surface area contributed by atoms with E-state index in [4.69, 9.17) is 11.0 Å². The van der Waals surface area contributed by atoms with Gasteiger partial charge in [0.15, 0.2) is 0 Å². The van der Waals surface area contributed by atoms with E-state index in [1.54, 1.807) is 6.08 Å². The Balaban J connectivity index is 2.14. The highest BCUT2D eigenvalue weighted by molar-refractivity contribution is 5.85. The van der Waals surface area contributed by atoms with Crippen LogP contribution in [0.4, 0.5) is 0 Å². The molecule has 0 aromatic heterocycles. The highest BCUT2D eigenvalue weighted by atomic mass is 14.5. The van der Waals surface area contributed by atoms with Crippen LogP contribution in [0.15, 0.2) is 54.6 Å². The number of benzene rings is 2. The average Bonchev–Trinajstić information content (AvgIpc) is 2.62. The summed E-state index contributed by atoms with van der Waals surface area (Å²) in [5.41, 5.74) is 14.2. The van der Waals surface area contributed by atoms with Gasteiger partial charge in [-0.3, -0.25) is 0 Å². The molecule has 2 aromatic rings. The van der Waals surface area contributed by atoms with Crippen molar-refractivity contribution in [2.24, 2.45) is 5.73 Å². The third-order valence-electron chi connectivity index (χ3n) is 5.09. The Kier molecular flexibility index (Phi) is 4.61. The summed E-state index contributed by atoms with van der Waals surface area (Å²) in [6.45, 7) is 7.12. The molecular weight excluding hydrogens is 304 g/mol. The van der Waals surface area contributed by atoms with Crippen LogP contribution in [0.1, 0.15) is 55.0 Å². The molecule has 0 spiro atoms. The fraction of sp³-hybridized carbons (Fsp3) is 0.261. The Morgan fingerprint density at radius 2 is 1.92 bits per heavy atom. The quantitative estimate of drug-likeness (QED) is 0.789. The van der Waals surface area contributed by atoms with Crippen molar-refractivity contribution in [3.63, 3.8) is 0 Å². The topological polar surface area (TPSA) is 49.8 Å². The van der Waals surface area contributed by atoms with Gasteiger partial charge in [0.05, 0.1) is 6.07 Å². The molecule has 25 heavy (non-hydrogen) atoms. The van der Waals surface area contributed by atoms with Gasteiger partial charge >= 0.3 is 0 Å². The average molecular weight is 328 g/mol. The third-order valence-corrected chi connectivity index (χ3v) is 5.09. The summed E-state index contributed by atoms with van der Waals surface area (Å²) in [5.74, 6) is 0. The van der Waals surface area contributed by atoms with Crippen LogP contribution in [0.2, 0.25) is 0 Å². The highest BCUT2D eigenvalue weighted by Gasteiger charge is 2.28. The first kappa shape index (κ1) is 17.2. The van der Waals surface area contributed by atoms with Crippen LogP contribution in [-0.2, 0) is 12.0 Å². The molecule has 0 heterocycles. The molecule has 2 N–H and O–H groups in total. The molecule has 0 radical (unpaired) electrons. The number of nitrogens with zero attached hydrogens (tertiary/aromatic N) is 1. The first-order chi connectivity index (χ1) is 12.0. The van der Waals surface area contributed by atoms with Crippen LogP contribution in [-0.4, -0.2) is 0 Å². The van der Waals surface area contributed by atoms with E-state index < -0.39 is 0 Å². The minimum absolute atomic E-state index is 0.113. The number of nitriles is 1. The molecule has 1 aliphatic carbocycles. The van der Waals surface area contributed by atoms with Crippen LogP contribution in [0.5, 0.6) is 0 Å². The smallest absolute Gasteiger partial charge is 0.0915 e. The number of allylic oxidation sites excluding steroid dienone is 3. The maximum absolute atomic E-state index is 8.95. The standard InChI is InChI=1S/C23H24N2/c1-16(11-13-24)19-8-9-22-21(14-19)20(10-12-23(22,2)3)18-6-4-17(15-25)5-7-18/h4-11,14H,12,15,25H2,1-3H3/b16-11+. The molecule has 0 atom stereocenters. The number of hydrogen-bond acceptors (Lipinski definition) is 2. The van der Waals surface area contributed by atoms with E-state index >= 15 is 0 Å². The molecule has 3 rings (SSSR count). The van der Waals surface area contributed by atoms with Crippen LogP contribution in [0.25, 0.3) is 11.1 Å². The van der Waals surface area contributed by atoms with Gasteiger partial charge in [0.2, 0.25) is 0 Å². The molecule has 0 saturated heterocycles. The van der Waals surface area contributed by atoms with Crippen molar-refractivity contribution in [2.45, 2.75) is 39.2 Å². The number of nitrogens with two attached hydrogens (primary N) is 1. The fourth-order valence-electron chi connectivity index (χ4n) is 3.45. The Morgan fingerprint density at radius 3 is 2.56 bits per heavy atom. The van der Waals surface area contributed by atoms with Gasteiger partial charge in [0, 0.05) is 12.6 Å². The molecule has 0 amide bonds. The van der Waals surface area contributed by atoms with Crippen LogP contribution < -0.4 is 5.73 Å². The van der Waals surface area contributed by atoms with E-state index in [1.807, 2.05) is 6.92 Å². The SMILES string of the molecule is C/C(=C\C#N)c1ccc2c(c1)C(c1ccc(CN)cc1)=CCC2(C)C. The maximum Gasteiger partial charge on any atom is 0.0915 e. The summed E-state index contributed by atoms with van der Waals surface area (Å²) in [6.07, 6.45) is 4.96. The summed E-state index contributed by atoms with van der Waals surface area (Å²) >= 11 is 0. The molecule has 2 nitrogen and oxygen atoms in total. The molecule has 2 heteroatoms. The van der Waals surface area contributed by atoms with Gasteiger partial charge < -0.3 is 5.73 Å². The van der Waals surface area contributed by atoms with Gasteiger partial charge in [0.25, 0.3) is 0 Å². The molecule has 0 fully saturated rings. The van der Waals surface area contributed by atoms with Crippen molar-refractivity contribution < 1.29 is 0 Å². The normalized spacial score (nSPS) is 16.0. The first-order valence-electron chi connectivity index (χ1n) is 8.67. The van der Waals surface area contributed by atoms with Gasteiger partial charge in [-0.1, -0.05) is 56.3 Å². The van der Waals surface area contributed by atoms with E-state index in [9.17, 15) is 0 Å². The summed E-state index contributed by atoms with van der Waals surface area (Å²) in [4.78, 5) is 0. The number of hydrogen-bond donors (Lipinski definition) is 1.